The number of aliphatic hydroxyl groups excluding tert-OH is 1. The lowest BCUT2D eigenvalue weighted by molar-refractivity contribution is 0.221. The quantitative estimate of drug-likeness (QED) is 0.743. The van der Waals surface area contributed by atoms with Crippen molar-refractivity contribution < 1.29 is 5.11 Å². The normalized spacial score (nSPS) is 17.6. The van der Waals surface area contributed by atoms with Crippen LogP contribution in [-0.4, -0.2) is 42.7 Å². The molecule has 140 valence electrons. The predicted octanol–water partition coefficient (Wildman–Crippen LogP) is 1.82. The van der Waals surface area contributed by atoms with E-state index in [0.29, 0.717) is 17.4 Å². The Kier molecular flexibility index (Phi) is 4.96. The van der Waals surface area contributed by atoms with E-state index in [0.717, 1.165) is 36.6 Å². The standard InChI is InChI=1S/C20H23N5O2/c1-14-11-22-15(12-21-14)13-24-8-4-7-18(24)19-23-17-6-3-2-5-16(17)20(27)25(19)9-10-26/h2-3,5-6,11-12,18,26H,4,7-10,13H2,1H3. The molecule has 7 heteroatoms. The van der Waals surface area contributed by atoms with Gasteiger partial charge in [0.1, 0.15) is 5.82 Å². The van der Waals surface area contributed by atoms with Crippen molar-refractivity contribution in [2.45, 2.75) is 38.9 Å². The number of hydrogen-bond acceptors (Lipinski definition) is 6. The fraction of sp³-hybridized carbons (Fsp3) is 0.400. The van der Waals surface area contributed by atoms with Crippen molar-refractivity contribution in [3.8, 4) is 0 Å². The molecule has 3 aromatic rings. The van der Waals surface area contributed by atoms with Crippen LogP contribution in [0, 0.1) is 6.92 Å². The number of benzene rings is 1. The molecule has 27 heavy (non-hydrogen) atoms. The van der Waals surface area contributed by atoms with Gasteiger partial charge in [0.15, 0.2) is 0 Å². The first kappa shape index (κ1) is 17.8. The Labute approximate surface area is 157 Å². The number of fused-ring (bicyclic) bond motifs is 1. The number of rotatable bonds is 5. The molecular formula is C20H23N5O2. The molecule has 1 fully saturated rings. The molecule has 1 N–H and O–H groups in total. The summed E-state index contributed by atoms with van der Waals surface area (Å²) in [5.74, 6) is 0.727. The third-order valence-electron chi connectivity index (χ3n) is 5.08. The summed E-state index contributed by atoms with van der Waals surface area (Å²) in [6.45, 7) is 3.66. The van der Waals surface area contributed by atoms with Crippen LogP contribution >= 0.6 is 0 Å². The fourth-order valence-corrected chi connectivity index (χ4v) is 3.77. The molecule has 1 unspecified atom stereocenters. The summed E-state index contributed by atoms with van der Waals surface area (Å²) in [7, 11) is 0. The van der Waals surface area contributed by atoms with Crippen molar-refractivity contribution in [3.63, 3.8) is 0 Å². The maximum Gasteiger partial charge on any atom is 0.261 e. The lowest BCUT2D eigenvalue weighted by Crippen LogP contribution is -2.33. The zero-order valence-corrected chi connectivity index (χ0v) is 15.4. The highest BCUT2D eigenvalue weighted by Crippen LogP contribution is 2.32. The van der Waals surface area contributed by atoms with Gasteiger partial charge in [0.05, 0.1) is 41.5 Å². The second kappa shape index (κ2) is 7.54. The molecule has 0 spiro atoms. The van der Waals surface area contributed by atoms with Crippen molar-refractivity contribution in [2.24, 2.45) is 0 Å². The molecular weight excluding hydrogens is 342 g/mol. The maximum absolute atomic E-state index is 13.0. The third kappa shape index (κ3) is 3.48. The van der Waals surface area contributed by atoms with Gasteiger partial charge in [0.2, 0.25) is 0 Å². The molecule has 1 saturated heterocycles. The van der Waals surface area contributed by atoms with Crippen LogP contribution < -0.4 is 5.56 Å². The van der Waals surface area contributed by atoms with Gasteiger partial charge in [-0.3, -0.25) is 24.2 Å². The molecule has 7 nitrogen and oxygen atoms in total. The molecule has 0 radical (unpaired) electrons. The topological polar surface area (TPSA) is 84.1 Å². The van der Waals surface area contributed by atoms with Crippen LogP contribution in [0.3, 0.4) is 0 Å². The molecule has 0 aliphatic carbocycles. The van der Waals surface area contributed by atoms with Crippen LogP contribution in [0.5, 0.6) is 0 Å². The number of likely N-dealkylation sites (tertiary alicyclic amines) is 1. The Bertz CT molecular complexity index is 999. The van der Waals surface area contributed by atoms with E-state index in [1.54, 1.807) is 23.0 Å². The third-order valence-corrected chi connectivity index (χ3v) is 5.08. The first-order valence-corrected chi connectivity index (χ1v) is 9.29. The van der Waals surface area contributed by atoms with Crippen molar-refractivity contribution in [3.05, 3.63) is 64.2 Å². The molecule has 3 heterocycles. The smallest absolute Gasteiger partial charge is 0.261 e. The first-order chi connectivity index (χ1) is 13.2. The average molecular weight is 365 g/mol. The number of hydrogen-bond donors (Lipinski definition) is 1. The highest BCUT2D eigenvalue weighted by Gasteiger charge is 2.30. The lowest BCUT2D eigenvalue weighted by Gasteiger charge is -2.26. The summed E-state index contributed by atoms with van der Waals surface area (Å²) in [6, 6.07) is 7.41. The molecule has 0 bridgehead atoms. The lowest BCUT2D eigenvalue weighted by atomic mass is 10.1. The summed E-state index contributed by atoms with van der Waals surface area (Å²) >= 11 is 0. The van der Waals surface area contributed by atoms with Crippen molar-refractivity contribution in [1.29, 1.82) is 0 Å². The highest BCUT2D eigenvalue weighted by molar-refractivity contribution is 5.77. The van der Waals surface area contributed by atoms with E-state index in [9.17, 15) is 9.90 Å². The van der Waals surface area contributed by atoms with E-state index in [1.165, 1.54) is 0 Å². The summed E-state index contributed by atoms with van der Waals surface area (Å²) < 4.78 is 1.63. The number of aryl methyl sites for hydroxylation is 1. The Balaban J connectivity index is 1.74. The summed E-state index contributed by atoms with van der Waals surface area (Å²) in [4.78, 5) is 28.9. The van der Waals surface area contributed by atoms with Crippen LogP contribution in [-0.2, 0) is 13.1 Å². The van der Waals surface area contributed by atoms with E-state index in [1.807, 2.05) is 25.1 Å². The molecule has 1 aliphatic rings. The minimum Gasteiger partial charge on any atom is -0.395 e. The van der Waals surface area contributed by atoms with Crippen LogP contribution in [0.2, 0.25) is 0 Å². The van der Waals surface area contributed by atoms with Gasteiger partial charge >= 0.3 is 0 Å². The van der Waals surface area contributed by atoms with Crippen LogP contribution in [0.15, 0.2) is 41.5 Å². The average Bonchev–Trinajstić information content (AvgIpc) is 3.14. The van der Waals surface area contributed by atoms with Gasteiger partial charge in [-0.2, -0.15) is 0 Å². The summed E-state index contributed by atoms with van der Waals surface area (Å²) in [5.41, 5.74) is 2.41. The molecule has 1 aromatic carbocycles. The van der Waals surface area contributed by atoms with Crippen molar-refractivity contribution >= 4 is 10.9 Å². The van der Waals surface area contributed by atoms with E-state index >= 15 is 0 Å². The predicted molar refractivity (Wildman–Crippen MR) is 102 cm³/mol. The SMILES string of the molecule is Cc1cnc(CN2CCCC2c2nc3ccccc3c(=O)n2CCO)cn1. The van der Waals surface area contributed by atoms with E-state index < -0.39 is 0 Å². The molecule has 0 saturated carbocycles. The van der Waals surface area contributed by atoms with Crippen LogP contribution in [0.25, 0.3) is 10.9 Å². The minimum atomic E-state index is -0.0942. The van der Waals surface area contributed by atoms with Gasteiger partial charge in [0, 0.05) is 18.9 Å². The van der Waals surface area contributed by atoms with E-state index in [-0.39, 0.29) is 24.8 Å². The number of aliphatic hydroxyl groups is 1. The van der Waals surface area contributed by atoms with E-state index in [4.69, 9.17) is 4.98 Å². The monoisotopic (exact) mass is 365 g/mol. The second-order valence-corrected chi connectivity index (χ2v) is 6.95. The Morgan fingerprint density at radius 1 is 1.22 bits per heavy atom. The Morgan fingerprint density at radius 2 is 2.07 bits per heavy atom. The maximum atomic E-state index is 13.0. The Hall–Kier alpha value is -2.64. The van der Waals surface area contributed by atoms with Gasteiger partial charge in [-0.15, -0.1) is 0 Å². The second-order valence-electron chi connectivity index (χ2n) is 6.95. The van der Waals surface area contributed by atoms with Gasteiger partial charge < -0.3 is 5.11 Å². The first-order valence-electron chi connectivity index (χ1n) is 9.29. The zero-order chi connectivity index (χ0) is 18.8. The van der Waals surface area contributed by atoms with Gasteiger partial charge in [-0.05, 0) is 38.4 Å². The van der Waals surface area contributed by atoms with E-state index in [2.05, 4.69) is 14.9 Å². The molecule has 4 rings (SSSR count). The van der Waals surface area contributed by atoms with Gasteiger partial charge in [-0.1, -0.05) is 12.1 Å². The number of aromatic nitrogens is 4. The zero-order valence-electron chi connectivity index (χ0n) is 15.4. The summed E-state index contributed by atoms with van der Waals surface area (Å²) in [6.07, 6.45) is 5.54. The van der Waals surface area contributed by atoms with Crippen molar-refractivity contribution in [2.75, 3.05) is 13.2 Å². The minimum absolute atomic E-state index is 0.0250. The molecule has 1 atom stereocenters. The largest absolute Gasteiger partial charge is 0.395 e. The fourth-order valence-electron chi connectivity index (χ4n) is 3.77. The van der Waals surface area contributed by atoms with Crippen LogP contribution in [0.4, 0.5) is 0 Å². The van der Waals surface area contributed by atoms with Crippen LogP contribution in [0.1, 0.15) is 36.1 Å². The van der Waals surface area contributed by atoms with Gasteiger partial charge in [0.25, 0.3) is 5.56 Å². The van der Waals surface area contributed by atoms with Gasteiger partial charge in [-0.25, -0.2) is 4.98 Å². The molecule has 0 amide bonds. The molecule has 1 aliphatic heterocycles. The van der Waals surface area contributed by atoms with Crippen molar-refractivity contribution in [1.82, 2.24) is 24.4 Å². The number of nitrogens with zero attached hydrogens (tertiary/aromatic N) is 5. The number of para-hydroxylation sites is 1. The summed E-state index contributed by atoms with van der Waals surface area (Å²) in [5, 5.41) is 10.1. The highest BCUT2D eigenvalue weighted by atomic mass is 16.3. The molecule has 2 aromatic heterocycles. The Morgan fingerprint density at radius 3 is 2.85 bits per heavy atom.